The second-order valence-corrected chi connectivity index (χ2v) is 7.55. The molecule has 0 atom stereocenters. The van der Waals surface area contributed by atoms with Crippen LogP contribution in [0, 0.1) is 13.8 Å². The number of benzene rings is 3. The molecule has 0 amide bonds. The average Bonchev–Trinajstić information content (AvgIpc) is 3.31. The molecule has 5 aromatic rings. The van der Waals surface area contributed by atoms with Crippen molar-refractivity contribution in [1.29, 1.82) is 0 Å². The fourth-order valence-corrected chi connectivity index (χ4v) is 3.64. The Balaban J connectivity index is 0.000000130. The number of rotatable bonds is 1. The first-order valence-corrected chi connectivity index (χ1v) is 10.9. The van der Waals surface area contributed by atoms with Gasteiger partial charge in [0.05, 0.1) is 0 Å². The van der Waals surface area contributed by atoms with Crippen molar-refractivity contribution >= 4 is 25.3 Å². The van der Waals surface area contributed by atoms with E-state index >= 15 is 0 Å². The van der Waals surface area contributed by atoms with Crippen molar-refractivity contribution in [3.05, 3.63) is 120 Å². The van der Waals surface area contributed by atoms with Gasteiger partial charge < -0.3 is 0 Å². The van der Waals surface area contributed by atoms with Gasteiger partial charge in [-0.05, 0) is 0 Å². The molecule has 5 aromatic carbocycles. The van der Waals surface area contributed by atoms with E-state index in [1.165, 1.54) is 62.5 Å². The van der Waals surface area contributed by atoms with Crippen molar-refractivity contribution in [2.24, 2.45) is 0 Å². The van der Waals surface area contributed by atoms with Gasteiger partial charge in [0, 0.05) is 0 Å². The Morgan fingerprint density at radius 2 is 1.29 bits per heavy atom. The number of hydrogen-bond acceptors (Lipinski definition) is 0. The van der Waals surface area contributed by atoms with Gasteiger partial charge in [-0.15, -0.1) is 39.7 Å². The predicted molar refractivity (Wildman–Crippen MR) is 120 cm³/mol. The van der Waals surface area contributed by atoms with E-state index in [-0.39, 0.29) is 0 Å². The SMILES string of the molecule is Cc1cc[c-](C)c1.[Zr+2]=[CH]c1ccccc1.c1ccc2c(c1)[cH-]c1ccccc12. The van der Waals surface area contributed by atoms with Crippen LogP contribution in [-0.4, -0.2) is 3.71 Å². The average molecular weight is 440 g/mol. The van der Waals surface area contributed by atoms with Crippen LogP contribution in [0.1, 0.15) is 16.7 Å². The van der Waals surface area contributed by atoms with Crippen LogP contribution in [-0.2, 0) is 24.2 Å². The van der Waals surface area contributed by atoms with E-state index in [9.17, 15) is 0 Å². The van der Waals surface area contributed by atoms with Crippen molar-refractivity contribution in [3.63, 3.8) is 0 Å². The molecular weight excluding hydrogens is 416 g/mol. The molecule has 0 N–H and O–H groups in total. The maximum Gasteiger partial charge on any atom is -0.0771 e. The summed E-state index contributed by atoms with van der Waals surface area (Å²) in [4.78, 5) is 0. The van der Waals surface area contributed by atoms with Gasteiger partial charge in [-0.1, -0.05) is 50.2 Å². The third-order valence-corrected chi connectivity index (χ3v) is 5.37. The van der Waals surface area contributed by atoms with Crippen molar-refractivity contribution in [2.45, 2.75) is 13.8 Å². The summed E-state index contributed by atoms with van der Waals surface area (Å²) < 4.78 is 2.17. The molecule has 0 bridgehead atoms. The summed E-state index contributed by atoms with van der Waals surface area (Å²) in [6, 6.07) is 36.0. The molecule has 0 unspecified atom stereocenters. The molecule has 0 aromatic heterocycles. The van der Waals surface area contributed by atoms with Gasteiger partial charge in [0.2, 0.25) is 0 Å². The summed E-state index contributed by atoms with van der Waals surface area (Å²) in [6.45, 7) is 4.21. The van der Waals surface area contributed by atoms with E-state index in [0.717, 1.165) is 0 Å². The molecule has 0 saturated carbocycles. The Morgan fingerprint density at radius 3 is 1.68 bits per heavy atom. The first kappa shape index (κ1) is 20.4. The maximum absolute atomic E-state index is 2.24. The molecule has 0 radical (unpaired) electrons. The summed E-state index contributed by atoms with van der Waals surface area (Å²) >= 11 is 1.46. The summed E-state index contributed by atoms with van der Waals surface area (Å²) in [6.07, 6.45) is 0. The zero-order chi connectivity index (χ0) is 19.8. The molecule has 5 rings (SSSR count). The summed E-state index contributed by atoms with van der Waals surface area (Å²) in [5.41, 5.74) is 4.04. The Kier molecular flexibility index (Phi) is 7.46. The molecular formula is C27H24Zr. The van der Waals surface area contributed by atoms with Gasteiger partial charge in [0.25, 0.3) is 0 Å². The van der Waals surface area contributed by atoms with E-state index in [2.05, 4.69) is 115 Å². The Labute approximate surface area is 182 Å². The smallest absolute Gasteiger partial charge is 0.0771 e. The zero-order valence-corrected chi connectivity index (χ0v) is 18.9. The Hall–Kier alpha value is -2.37. The van der Waals surface area contributed by atoms with Gasteiger partial charge in [-0.3, -0.25) is 0 Å². The maximum atomic E-state index is 2.24. The molecule has 0 aliphatic rings. The summed E-state index contributed by atoms with van der Waals surface area (Å²) in [5.74, 6) is 0. The molecule has 28 heavy (non-hydrogen) atoms. The molecule has 0 saturated heterocycles. The largest absolute Gasteiger partial charge is 0.126 e. The summed E-state index contributed by atoms with van der Waals surface area (Å²) in [7, 11) is 0. The number of aryl methyl sites for hydroxylation is 2. The normalized spacial score (nSPS) is 10.0. The minimum Gasteiger partial charge on any atom is -0.126 e. The fraction of sp³-hybridized carbons (Fsp3) is 0.0741. The number of fused-ring (bicyclic) bond motifs is 3. The minimum atomic E-state index is 1.32. The Morgan fingerprint density at radius 1 is 0.750 bits per heavy atom. The first-order valence-electron chi connectivity index (χ1n) is 9.46. The molecule has 1 heteroatoms. The van der Waals surface area contributed by atoms with E-state index in [1.807, 2.05) is 6.07 Å². The van der Waals surface area contributed by atoms with Gasteiger partial charge >= 0.3 is 63.8 Å². The molecule has 0 spiro atoms. The third-order valence-electron chi connectivity index (χ3n) is 4.55. The first-order chi connectivity index (χ1) is 13.7. The van der Waals surface area contributed by atoms with Crippen LogP contribution in [0.15, 0.2) is 103 Å². The van der Waals surface area contributed by atoms with Crippen molar-refractivity contribution < 1.29 is 24.2 Å². The van der Waals surface area contributed by atoms with Crippen LogP contribution in [0.2, 0.25) is 0 Å². The molecule has 136 valence electrons. The van der Waals surface area contributed by atoms with E-state index in [4.69, 9.17) is 0 Å². The second-order valence-electron chi connectivity index (χ2n) is 6.84. The second kappa shape index (κ2) is 10.3. The molecule has 0 heterocycles. The van der Waals surface area contributed by atoms with Gasteiger partial charge in [0.15, 0.2) is 0 Å². The molecule has 0 aliphatic heterocycles. The van der Waals surface area contributed by atoms with Crippen LogP contribution in [0.5, 0.6) is 0 Å². The monoisotopic (exact) mass is 438 g/mol. The van der Waals surface area contributed by atoms with E-state index in [1.54, 1.807) is 0 Å². The minimum absolute atomic E-state index is 1.32. The molecule has 0 fully saturated rings. The van der Waals surface area contributed by atoms with Crippen molar-refractivity contribution in [1.82, 2.24) is 0 Å². The predicted octanol–water partition coefficient (Wildman–Crippen LogP) is 7.12. The van der Waals surface area contributed by atoms with Crippen LogP contribution in [0.25, 0.3) is 21.5 Å². The zero-order valence-electron chi connectivity index (χ0n) is 16.4. The number of hydrogen-bond donors (Lipinski definition) is 0. The van der Waals surface area contributed by atoms with Gasteiger partial charge in [-0.2, -0.15) is 17.7 Å². The van der Waals surface area contributed by atoms with Crippen molar-refractivity contribution in [2.75, 3.05) is 0 Å². The van der Waals surface area contributed by atoms with Crippen molar-refractivity contribution in [3.8, 4) is 0 Å². The topological polar surface area (TPSA) is 0 Å². The van der Waals surface area contributed by atoms with Gasteiger partial charge in [-0.25, -0.2) is 11.6 Å². The molecule has 0 aliphatic carbocycles. The third kappa shape index (κ3) is 5.57. The van der Waals surface area contributed by atoms with Gasteiger partial charge in [0.1, 0.15) is 0 Å². The van der Waals surface area contributed by atoms with Crippen LogP contribution < -0.4 is 0 Å². The van der Waals surface area contributed by atoms with E-state index in [0.29, 0.717) is 0 Å². The van der Waals surface area contributed by atoms with Crippen LogP contribution >= 0.6 is 0 Å². The standard InChI is InChI=1S/C13H9.C7H9.C7H6.Zr/c1-3-7-12-10(5-1)9-11-6-2-4-8-13(11)12;1-6-3-4-7(2)5-6;1-7-5-3-2-4-6-7;/h1-9H;3-5H,1-2H3;1-6H;/q2*-1;;+2. The molecule has 0 nitrogen and oxygen atoms in total. The van der Waals surface area contributed by atoms with Crippen LogP contribution in [0.3, 0.4) is 0 Å². The summed E-state index contributed by atoms with van der Waals surface area (Å²) in [5, 5.41) is 5.39. The Bertz CT molecular complexity index is 1080. The quantitative estimate of drug-likeness (QED) is 0.244. The van der Waals surface area contributed by atoms with Crippen LogP contribution in [0.4, 0.5) is 0 Å². The van der Waals surface area contributed by atoms with E-state index < -0.39 is 0 Å². The fourth-order valence-electron chi connectivity index (χ4n) is 3.17.